The van der Waals surface area contributed by atoms with Crippen molar-refractivity contribution in [3.63, 3.8) is 0 Å². The third kappa shape index (κ3) is 3.61. The fraction of sp³-hybridized carbons (Fsp3) is 0.250. The van der Waals surface area contributed by atoms with E-state index in [-0.39, 0.29) is 5.02 Å². The van der Waals surface area contributed by atoms with Crippen LogP contribution in [0.15, 0.2) is 23.6 Å². The molecule has 0 atom stereocenters. The minimum atomic E-state index is -4.45. The zero-order valence-corrected chi connectivity index (χ0v) is 11.5. The molecule has 0 saturated carbocycles. The number of halogens is 4. The Morgan fingerprint density at radius 1 is 1.37 bits per heavy atom. The van der Waals surface area contributed by atoms with E-state index in [1.54, 1.807) is 0 Å². The molecule has 0 saturated heterocycles. The number of hydrogen-bond acceptors (Lipinski definition) is 3. The molecule has 0 aliphatic rings. The summed E-state index contributed by atoms with van der Waals surface area (Å²) in [6, 6.07) is 3.75. The van der Waals surface area contributed by atoms with Crippen molar-refractivity contribution in [3.05, 3.63) is 44.9 Å². The second-order valence-electron chi connectivity index (χ2n) is 3.93. The second-order valence-corrected chi connectivity index (χ2v) is 5.28. The SMILES string of the molecule is Cc1csc(CNc2ccc(Cl)c(C(F)(F)F)c2)n1. The van der Waals surface area contributed by atoms with Crippen molar-refractivity contribution in [2.24, 2.45) is 0 Å². The maximum atomic E-state index is 12.7. The predicted octanol–water partition coefficient (Wildman–Crippen LogP) is 4.74. The number of anilines is 1. The maximum absolute atomic E-state index is 12.7. The van der Waals surface area contributed by atoms with E-state index in [1.165, 1.54) is 23.5 Å². The molecule has 1 N–H and O–H groups in total. The van der Waals surface area contributed by atoms with E-state index in [1.807, 2.05) is 12.3 Å². The fourth-order valence-corrected chi connectivity index (χ4v) is 2.45. The highest BCUT2D eigenvalue weighted by atomic mass is 35.5. The van der Waals surface area contributed by atoms with Crippen molar-refractivity contribution >= 4 is 28.6 Å². The van der Waals surface area contributed by atoms with Gasteiger partial charge in [0.05, 0.1) is 17.1 Å². The predicted molar refractivity (Wildman–Crippen MR) is 70.6 cm³/mol. The Morgan fingerprint density at radius 3 is 2.68 bits per heavy atom. The molecule has 2 nitrogen and oxygen atoms in total. The van der Waals surface area contributed by atoms with E-state index in [2.05, 4.69) is 10.3 Å². The van der Waals surface area contributed by atoms with Gasteiger partial charge in [0.2, 0.25) is 0 Å². The number of aryl methyl sites for hydroxylation is 1. The molecular formula is C12H10ClF3N2S. The fourth-order valence-electron chi connectivity index (χ4n) is 1.51. The second kappa shape index (κ2) is 5.38. The number of benzene rings is 1. The summed E-state index contributed by atoms with van der Waals surface area (Å²) in [5.74, 6) is 0. The Bertz CT molecular complexity index is 581. The summed E-state index contributed by atoms with van der Waals surface area (Å²) in [4.78, 5) is 4.22. The van der Waals surface area contributed by atoms with Crippen LogP contribution in [-0.4, -0.2) is 4.98 Å². The largest absolute Gasteiger partial charge is 0.417 e. The summed E-state index contributed by atoms with van der Waals surface area (Å²) in [7, 11) is 0. The van der Waals surface area contributed by atoms with Crippen LogP contribution >= 0.6 is 22.9 Å². The first-order chi connectivity index (χ1) is 8.86. The average Bonchev–Trinajstić information content (AvgIpc) is 2.72. The molecule has 0 amide bonds. The molecule has 1 aromatic heterocycles. The van der Waals surface area contributed by atoms with E-state index in [0.29, 0.717) is 12.2 Å². The number of aromatic nitrogens is 1. The van der Waals surface area contributed by atoms with E-state index in [0.717, 1.165) is 16.8 Å². The van der Waals surface area contributed by atoms with Crippen LogP contribution in [0.2, 0.25) is 5.02 Å². The molecule has 0 aliphatic carbocycles. The van der Waals surface area contributed by atoms with Crippen LogP contribution < -0.4 is 5.32 Å². The van der Waals surface area contributed by atoms with Gasteiger partial charge in [-0.25, -0.2) is 4.98 Å². The molecule has 0 spiro atoms. The van der Waals surface area contributed by atoms with Crippen molar-refractivity contribution in [3.8, 4) is 0 Å². The van der Waals surface area contributed by atoms with Gasteiger partial charge in [-0.1, -0.05) is 11.6 Å². The number of hydrogen-bond donors (Lipinski definition) is 1. The summed E-state index contributed by atoms with van der Waals surface area (Å²) >= 11 is 7.00. The Morgan fingerprint density at radius 2 is 2.11 bits per heavy atom. The molecule has 102 valence electrons. The zero-order valence-electron chi connectivity index (χ0n) is 9.88. The monoisotopic (exact) mass is 306 g/mol. The van der Waals surface area contributed by atoms with E-state index in [9.17, 15) is 13.2 Å². The molecule has 7 heteroatoms. The quantitative estimate of drug-likeness (QED) is 0.886. The van der Waals surface area contributed by atoms with Crippen LogP contribution in [0.4, 0.5) is 18.9 Å². The standard InChI is InChI=1S/C12H10ClF3N2S/c1-7-6-19-11(18-7)5-17-8-2-3-10(13)9(4-8)12(14,15)16/h2-4,6,17H,5H2,1H3. The molecule has 0 fully saturated rings. The zero-order chi connectivity index (χ0) is 14.0. The summed E-state index contributed by atoms with van der Waals surface area (Å²) in [5.41, 5.74) is 0.424. The van der Waals surface area contributed by atoms with Crippen molar-refractivity contribution in [1.82, 2.24) is 4.98 Å². The third-order valence-corrected chi connectivity index (χ3v) is 3.68. The minimum absolute atomic E-state index is 0.303. The highest BCUT2D eigenvalue weighted by Gasteiger charge is 2.33. The molecule has 0 radical (unpaired) electrons. The van der Waals surface area contributed by atoms with E-state index >= 15 is 0 Å². The Balaban J connectivity index is 2.13. The van der Waals surface area contributed by atoms with Gasteiger partial charge in [0.15, 0.2) is 0 Å². The highest BCUT2D eigenvalue weighted by Crippen LogP contribution is 2.36. The normalized spacial score (nSPS) is 11.6. The lowest BCUT2D eigenvalue weighted by molar-refractivity contribution is -0.137. The van der Waals surface area contributed by atoms with Crippen LogP contribution in [0.1, 0.15) is 16.3 Å². The van der Waals surface area contributed by atoms with Gasteiger partial charge in [-0.05, 0) is 25.1 Å². The van der Waals surface area contributed by atoms with Crippen LogP contribution in [0.5, 0.6) is 0 Å². The lowest BCUT2D eigenvalue weighted by Crippen LogP contribution is -2.07. The van der Waals surface area contributed by atoms with E-state index < -0.39 is 11.7 Å². The Kier molecular flexibility index (Phi) is 4.01. The van der Waals surface area contributed by atoms with Gasteiger partial charge in [-0.3, -0.25) is 0 Å². The first-order valence-electron chi connectivity index (χ1n) is 5.38. The molecular weight excluding hydrogens is 297 g/mol. The van der Waals surface area contributed by atoms with Crippen LogP contribution in [-0.2, 0) is 12.7 Å². The number of thiazole rings is 1. The third-order valence-electron chi connectivity index (χ3n) is 2.38. The van der Waals surface area contributed by atoms with Crippen molar-refractivity contribution < 1.29 is 13.2 Å². The molecule has 2 rings (SSSR count). The lowest BCUT2D eigenvalue weighted by Gasteiger charge is -2.11. The van der Waals surface area contributed by atoms with E-state index in [4.69, 9.17) is 11.6 Å². The molecule has 0 bridgehead atoms. The van der Waals surface area contributed by atoms with Crippen LogP contribution in [0.25, 0.3) is 0 Å². The van der Waals surface area contributed by atoms with Crippen molar-refractivity contribution in [2.75, 3.05) is 5.32 Å². The van der Waals surface area contributed by atoms with Gasteiger partial charge in [0.1, 0.15) is 5.01 Å². The number of nitrogens with one attached hydrogen (secondary N) is 1. The molecule has 2 aromatic rings. The van der Waals surface area contributed by atoms with Gasteiger partial charge in [0, 0.05) is 16.8 Å². The summed E-state index contributed by atoms with van der Waals surface area (Å²) in [5, 5.41) is 5.31. The van der Waals surface area contributed by atoms with Gasteiger partial charge < -0.3 is 5.32 Å². The Labute approximate surface area is 117 Å². The van der Waals surface area contributed by atoms with Gasteiger partial charge in [-0.2, -0.15) is 13.2 Å². The highest BCUT2D eigenvalue weighted by molar-refractivity contribution is 7.09. The van der Waals surface area contributed by atoms with Crippen LogP contribution in [0, 0.1) is 6.92 Å². The van der Waals surface area contributed by atoms with Gasteiger partial charge in [0.25, 0.3) is 0 Å². The summed E-state index contributed by atoms with van der Waals surface area (Å²) in [6.07, 6.45) is -4.45. The minimum Gasteiger partial charge on any atom is -0.379 e. The molecule has 1 heterocycles. The lowest BCUT2D eigenvalue weighted by atomic mass is 10.2. The number of alkyl halides is 3. The topological polar surface area (TPSA) is 24.9 Å². The molecule has 0 unspecified atom stereocenters. The number of nitrogens with zero attached hydrogens (tertiary/aromatic N) is 1. The summed E-state index contributed by atoms with van der Waals surface area (Å²) < 4.78 is 38.0. The number of rotatable bonds is 3. The smallest absolute Gasteiger partial charge is 0.379 e. The van der Waals surface area contributed by atoms with Crippen molar-refractivity contribution in [1.29, 1.82) is 0 Å². The Hall–Kier alpha value is -1.27. The van der Waals surface area contributed by atoms with Crippen LogP contribution in [0.3, 0.4) is 0 Å². The van der Waals surface area contributed by atoms with Crippen molar-refractivity contribution in [2.45, 2.75) is 19.6 Å². The molecule has 1 aromatic carbocycles. The maximum Gasteiger partial charge on any atom is 0.417 e. The molecule has 0 aliphatic heterocycles. The summed E-state index contributed by atoms with van der Waals surface area (Å²) in [6.45, 7) is 2.25. The van der Waals surface area contributed by atoms with Gasteiger partial charge in [-0.15, -0.1) is 11.3 Å². The van der Waals surface area contributed by atoms with Gasteiger partial charge >= 0.3 is 6.18 Å². The first kappa shape index (κ1) is 14.1. The average molecular weight is 307 g/mol. The molecule has 19 heavy (non-hydrogen) atoms. The first-order valence-corrected chi connectivity index (χ1v) is 6.63.